The van der Waals surface area contributed by atoms with Crippen LogP contribution in [0.1, 0.15) is 0 Å². The van der Waals surface area contributed by atoms with Crippen molar-refractivity contribution in [1.29, 1.82) is 5.41 Å². The summed E-state index contributed by atoms with van der Waals surface area (Å²) < 4.78 is 4.40. The monoisotopic (exact) mass is 170 g/mol. The van der Waals surface area contributed by atoms with Gasteiger partial charge in [0.15, 0.2) is 0 Å². The first-order chi connectivity index (χ1) is 5.57. The molecule has 1 aliphatic rings. The molecule has 0 aromatic heterocycles. The molecule has 0 atom stereocenters. The Balaban J connectivity index is 2.95. The van der Waals surface area contributed by atoms with Gasteiger partial charge in [0.2, 0.25) is 0 Å². The van der Waals surface area contributed by atoms with Gasteiger partial charge in [-0.25, -0.2) is 4.79 Å². The van der Waals surface area contributed by atoms with Crippen molar-refractivity contribution in [2.75, 3.05) is 20.7 Å². The Morgan fingerprint density at radius 1 is 1.75 bits per heavy atom. The molecule has 1 rings (SSSR count). The predicted molar refractivity (Wildman–Crippen MR) is 42.0 cm³/mol. The summed E-state index contributed by atoms with van der Waals surface area (Å²) in [5.41, 5.74) is -0.0417. The highest BCUT2D eigenvalue weighted by Gasteiger charge is 2.30. The van der Waals surface area contributed by atoms with E-state index in [0.29, 0.717) is 0 Å². The average Bonchev–Trinajstić information content (AvgIpc) is 2.26. The summed E-state index contributed by atoms with van der Waals surface area (Å²) in [6, 6.07) is 0. The Labute approximate surface area is 69.7 Å². The average molecular weight is 170 g/mol. The molecule has 0 unspecified atom stereocenters. The first kappa shape index (κ1) is 8.58. The quantitative estimate of drug-likeness (QED) is 0.539. The van der Waals surface area contributed by atoms with Crippen LogP contribution in [-0.2, 0) is 9.53 Å². The Morgan fingerprint density at radius 3 is 2.67 bits per heavy atom. The normalized spacial score (nSPS) is 17.2. The fraction of sp³-hybridized carbons (Fsp3) is 0.429. The molecule has 1 heterocycles. The summed E-state index contributed by atoms with van der Waals surface area (Å²) in [6.45, 7) is 0.198. The standard InChI is InChI=1S/C7H10N2O3/c1-9-3-4(10)5(6(9)8)7(11)12-2/h8,10H,3H2,1-2H3. The van der Waals surface area contributed by atoms with Gasteiger partial charge in [-0.1, -0.05) is 0 Å². The van der Waals surface area contributed by atoms with Crippen molar-refractivity contribution in [1.82, 2.24) is 4.90 Å². The van der Waals surface area contributed by atoms with Crippen LogP contribution in [0.5, 0.6) is 0 Å². The molecule has 0 aromatic carbocycles. The summed E-state index contributed by atoms with van der Waals surface area (Å²) in [4.78, 5) is 12.4. The number of carbonyl (C=O) groups is 1. The molecule has 0 aliphatic carbocycles. The van der Waals surface area contributed by atoms with Crippen LogP contribution in [0.25, 0.3) is 0 Å². The van der Waals surface area contributed by atoms with E-state index in [-0.39, 0.29) is 23.7 Å². The number of esters is 1. The van der Waals surface area contributed by atoms with Crippen LogP contribution in [0, 0.1) is 5.41 Å². The molecular weight excluding hydrogens is 160 g/mol. The first-order valence-corrected chi connectivity index (χ1v) is 3.38. The van der Waals surface area contributed by atoms with Gasteiger partial charge in [0, 0.05) is 7.05 Å². The van der Waals surface area contributed by atoms with Gasteiger partial charge in [-0.2, -0.15) is 0 Å². The van der Waals surface area contributed by atoms with Gasteiger partial charge in [-0.3, -0.25) is 5.41 Å². The molecule has 0 aromatic rings. The summed E-state index contributed by atoms with van der Waals surface area (Å²) in [5, 5.41) is 16.6. The number of nitrogens with zero attached hydrogens (tertiary/aromatic N) is 1. The minimum absolute atomic E-state index is 0.000602. The largest absolute Gasteiger partial charge is 0.509 e. The van der Waals surface area contributed by atoms with Crippen LogP contribution in [0.2, 0.25) is 0 Å². The minimum Gasteiger partial charge on any atom is -0.509 e. The molecule has 5 nitrogen and oxygen atoms in total. The Hall–Kier alpha value is -1.52. The lowest BCUT2D eigenvalue weighted by atomic mass is 10.2. The molecule has 0 saturated heterocycles. The number of methoxy groups -OCH3 is 1. The van der Waals surface area contributed by atoms with Crippen molar-refractivity contribution >= 4 is 11.8 Å². The molecular formula is C7H10N2O3. The minimum atomic E-state index is -0.665. The molecule has 0 spiro atoms. The van der Waals surface area contributed by atoms with E-state index in [1.165, 1.54) is 12.0 Å². The lowest BCUT2D eigenvalue weighted by Gasteiger charge is -2.09. The van der Waals surface area contributed by atoms with Crippen LogP contribution in [0.4, 0.5) is 0 Å². The molecule has 12 heavy (non-hydrogen) atoms. The van der Waals surface area contributed by atoms with E-state index in [1.807, 2.05) is 0 Å². The second-order valence-electron chi connectivity index (χ2n) is 2.52. The highest BCUT2D eigenvalue weighted by molar-refractivity contribution is 6.19. The van der Waals surface area contributed by atoms with E-state index in [4.69, 9.17) is 5.41 Å². The van der Waals surface area contributed by atoms with Gasteiger partial charge >= 0.3 is 5.97 Å². The molecule has 0 fully saturated rings. The van der Waals surface area contributed by atoms with E-state index in [0.717, 1.165) is 0 Å². The highest BCUT2D eigenvalue weighted by Crippen LogP contribution is 2.16. The molecule has 0 radical (unpaired) electrons. The van der Waals surface area contributed by atoms with Crippen molar-refractivity contribution in [2.24, 2.45) is 0 Å². The van der Waals surface area contributed by atoms with E-state index in [2.05, 4.69) is 4.74 Å². The Kier molecular flexibility index (Phi) is 2.03. The van der Waals surface area contributed by atoms with Gasteiger partial charge in [-0.15, -0.1) is 0 Å². The van der Waals surface area contributed by atoms with Crippen LogP contribution < -0.4 is 0 Å². The lowest BCUT2D eigenvalue weighted by molar-refractivity contribution is -0.135. The number of nitrogens with one attached hydrogen (secondary N) is 1. The number of amidine groups is 1. The maximum absolute atomic E-state index is 11.0. The third kappa shape index (κ3) is 1.13. The van der Waals surface area contributed by atoms with Crippen LogP contribution in [-0.4, -0.2) is 42.5 Å². The highest BCUT2D eigenvalue weighted by atomic mass is 16.5. The topological polar surface area (TPSA) is 73.6 Å². The predicted octanol–water partition coefficient (Wildman–Crippen LogP) is -0.106. The number of hydrogen-bond donors (Lipinski definition) is 2. The Bertz CT molecular complexity index is 270. The number of hydrogen-bond acceptors (Lipinski definition) is 4. The van der Waals surface area contributed by atoms with Crippen molar-refractivity contribution in [3.8, 4) is 0 Å². The third-order valence-electron chi connectivity index (χ3n) is 1.68. The molecule has 2 N–H and O–H groups in total. The van der Waals surface area contributed by atoms with E-state index in [9.17, 15) is 9.90 Å². The SMILES string of the molecule is COC(=O)C1=C(O)CN(C)C1=N. The summed E-state index contributed by atoms with van der Waals surface area (Å²) in [6.07, 6.45) is 0. The van der Waals surface area contributed by atoms with Gasteiger partial charge in [0.25, 0.3) is 0 Å². The number of ether oxygens (including phenoxy) is 1. The third-order valence-corrected chi connectivity index (χ3v) is 1.68. The van der Waals surface area contributed by atoms with Crippen molar-refractivity contribution in [3.63, 3.8) is 0 Å². The number of carbonyl (C=O) groups excluding carboxylic acids is 1. The second kappa shape index (κ2) is 2.84. The molecule has 66 valence electrons. The van der Waals surface area contributed by atoms with Crippen LogP contribution >= 0.6 is 0 Å². The molecule has 0 amide bonds. The van der Waals surface area contributed by atoms with Gasteiger partial charge < -0.3 is 14.7 Å². The number of likely N-dealkylation sites (N-methyl/N-ethyl adjacent to an activating group) is 1. The maximum Gasteiger partial charge on any atom is 0.345 e. The van der Waals surface area contributed by atoms with E-state index < -0.39 is 5.97 Å². The fourth-order valence-corrected chi connectivity index (χ4v) is 1.03. The first-order valence-electron chi connectivity index (χ1n) is 3.38. The van der Waals surface area contributed by atoms with Crippen molar-refractivity contribution in [2.45, 2.75) is 0 Å². The maximum atomic E-state index is 11.0. The molecule has 1 aliphatic heterocycles. The Morgan fingerprint density at radius 2 is 2.33 bits per heavy atom. The van der Waals surface area contributed by atoms with Gasteiger partial charge in [-0.05, 0) is 0 Å². The zero-order chi connectivity index (χ0) is 9.30. The van der Waals surface area contributed by atoms with Crippen molar-refractivity contribution in [3.05, 3.63) is 11.3 Å². The van der Waals surface area contributed by atoms with Gasteiger partial charge in [0.1, 0.15) is 17.2 Å². The van der Waals surface area contributed by atoms with Crippen molar-refractivity contribution < 1.29 is 14.6 Å². The lowest BCUT2D eigenvalue weighted by Crippen LogP contribution is -2.23. The number of rotatable bonds is 1. The smallest absolute Gasteiger partial charge is 0.345 e. The van der Waals surface area contributed by atoms with Crippen LogP contribution in [0.3, 0.4) is 0 Å². The van der Waals surface area contributed by atoms with E-state index in [1.54, 1.807) is 7.05 Å². The zero-order valence-electron chi connectivity index (χ0n) is 6.92. The van der Waals surface area contributed by atoms with Crippen LogP contribution in [0.15, 0.2) is 11.3 Å². The van der Waals surface area contributed by atoms with E-state index >= 15 is 0 Å². The van der Waals surface area contributed by atoms with Gasteiger partial charge in [0.05, 0.1) is 13.7 Å². The second-order valence-corrected chi connectivity index (χ2v) is 2.52. The molecule has 5 heteroatoms. The molecule has 0 bridgehead atoms. The molecule has 0 saturated carbocycles. The zero-order valence-corrected chi connectivity index (χ0v) is 6.92. The summed E-state index contributed by atoms with van der Waals surface area (Å²) in [7, 11) is 2.84. The summed E-state index contributed by atoms with van der Waals surface area (Å²) >= 11 is 0. The number of aliphatic hydroxyl groups is 1. The number of aliphatic hydroxyl groups excluding tert-OH is 1. The summed E-state index contributed by atoms with van der Waals surface area (Å²) in [5.74, 6) is -0.768. The fourth-order valence-electron chi connectivity index (χ4n) is 1.03.